The molecule has 2 aliphatic rings. The fraction of sp³-hybridized carbons (Fsp3) is 0.923. The van der Waals surface area contributed by atoms with E-state index in [2.05, 4.69) is 6.92 Å². The molecule has 3 nitrogen and oxygen atoms in total. The first-order valence-corrected chi connectivity index (χ1v) is 7.84. The van der Waals surface area contributed by atoms with Crippen molar-refractivity contribution >= 4 is 15.6 Å². The van der Waals surface area contributed by atoms with Crippen LogP contribution in [0.25, 0.3) is 0 Å². The maximum Gasteiger partial charge on any atom is 0.165 e. The summed E-state index contributed by atoms with van der Waals surface area (Å²) >= 11 is 0. The highest BCUT2D eigenvalue weighted by atomic mass is 32.2. The zero-order chi connectivity index (χ0) is 13.3. The standard InChI is InChI=1S/C13H22O3S/c1-9(2)17(15,16)13-7-6-12(5,8-10(13)14)11(13,3)4/h9H,6-8H2,1-5H3/t12-,13-/m1/s1. The van der Waals surface area contributed by atoms with Gasteiger partial charge in [0.15, 0.2) is 15.6 Å². The molecular weight excluding hydrogens is 236 g/mol. The van der Waals surface area contributed by atoms with Crippen LogP contribution in [0.3, 0.4) is 0 Å². The molecule has 17 heavy (non-hydrogen) atoms. The third kappa shape index (κ3) is 1.13. The summed E-state index contributed by atoms with van der Waals surface area (Å²) in [4.78, 5) is 12.4. The SMILES string of the molecule is CC(C)S(=O)(=O)[C@]12CC[C@](C)(CC1=O)C2(C)C. The summed E-state index contributed by atoms with van der Waals surface area (Å²) in [6, 6.07) is 0. The number of ketones is 1. The second-order valence-electron chi connectivity index (χ2n) is 6.71. The number of hydrogen-bond acceptors (Lipinski definition) is 3. The minimum absolute atomic E-state index is 0.0510. The van der Waals surface area contributed by atoms with Crippen molar-refractivity contribution < 1.29 is 13.2 Å². The highest BCUT2D eigenvalue weighted by Gasteiger charge is 2.75. The van der Waals surface area contributed by atoms with Crippen molar-refractivity contribution in [2.24, 2.45) is 10.8 Å². The third-order valence-corrected chi connectivity index (χ3v) is 8.81. The van der Waals surface area contributed by atoms with Crippen LogP contribution < -0.4 is 0 Å². The first-order chi connectivity index (χ1) is 7.53. The van der Waals surface area contributed by atoms with Crippen LogP contribution in [0.4, 0.5) is 0 Å². The summed E-state index contributed by atoms with van der Waals surface area (Å²) in [5.41, 5.74) is -0.591. The van der Waals surface area contributed by atoms with Crippen LogP contribution in [0.2, 0.25) is 0 Å². The van der Waals surface area contributed by atoms with E-state index in [1.165, 1.54) is 0 Å². The normalized spacial score (nSPS) is 40.2. The maximum atomic E-state index is 12.7. The minimum atomic E-state index is -3.39. The lowest BCUT2D eigenvalue weighted by atomic mass is 9.71. The predicted molar refractivity (Wildman–Crippen MR) is 67.5 cm³/mol. The van der Waals surface area contributed by atoms with E-state index in [1.54, 1.807) is 13.8 Å². The summed E-state index contributed by atoms with van der Waals surface area (Å²) in [5.74, 6) is -0.0510. The van der Waals surface area contributed by atoms with Gasteiger partial charge in [0.2, 0.25) is 0 Å². The van der Waals surface area contributed by atoms with E-state index in [0.29, 0.717) is 12.8 Å². The van der Waals surface area contributed by atoms with Gasteiger partial charge in [-0.3, -0.25) is 4.79 Å². The van der Waals surface area contributed by atoms with Gasteiger partial charge >= 0.3 is 0 Å². The van der Waals surface area contributed by atoms with E-state index in [4.69, 9.17) is 0 Å². The molecule has 0 amide bonds. The summed E-state index contributed by atoms with van der Waals surface area (Å²) in [5, 5.41) is -0.480. The topological polar surface area (TPSA) is 51.2 Å². The van der Waals surface area contributed by atoms with E-state index in [9.17, 15) is 13.2 Å². The fourth-order valence-corrected chi connectivity index (χ4v) is 6.46. The van der Waals surface area contributed by atoms with Crippen molar-refractivity contribution in [1.82, 2.24) is 0 Å². The molecule has 2 fully saturated rings. The quantitative estimate of drug-likeness (QED) is 0.764. The predicted octanol–water partition coefficient (Wildman–Crippen LogP) is 2.35. The number of hydrogen-bond donors (Lipinski definition) is 0. The lowest BCUT2D eigenvalue weighted by Gasteiger charge is -2.39. The Morgan fingerprint density at radius 2 is 1.65 bits per heavy atom. The first-order valence-electron chi connectivity index (χ1n) is 6.30. The largest absolute Gasteiger partial charge is 0.298 e. The van der Waals surface area contributed by atoms with Gasteiger partial charge in [-0.2, -0.15) is 0 Å². The van der Waals surface area contributed by atoms with E-state index < -0.39 is 25.2 Å². The molecule has 0 spiro atoms. The van der Waals surface area contributed by atoms with Crippen molar-refractivity contribution in [2.45, 2.75) is 63.9 Å². The fourth-order valence-electron chi connectivity index (χ4n) is 3.92. The zero-order valence-electron chi connectivity index (χ0n) is 11.3. The van der Waals surface area contributed by atoms with Crippen molar-refractivity contribution in [3.05, 3.63) is 0 Å². The van der Waals surface area contributed by atoms with Crippen LogP contribution in [0.5, 0.6) is 0 Å². The molecule has 0 radical (unpaired) electrons. The minimum Gasteiger partial charge on any atom is -0.298 e. The average Bonchev–Trinajstić information content (AvgIpc) is 2.44. The van der Waals surface area contributed by atoms with Crippen molar-refractivity contribution in [3.63, 3.8) is 0 Å². The van der Waals surface area contributed by atoms with Crippen LogP contribution in [0.1, 0.15) is 53.9 Å². The first kappa shape index (κ1) is 13.1. The second-order valence-corrected chi connectivity index (χ2v) is 9.44. The molecule has 98 valence electrons. The molecule has 0 aromatic carbocycles. The molecule has 0 aliphatic heterocycles. The Labute approximate surface area is 104 Å². The molecule has 2 atom stereocenters. The van der Waals surface area contributed by atoms with E-state index in [0.717, 1.165) is 6.42 Å². The molecule has 2 bridgehead atoms. The van der Waals surface area contributed by atoms with E-state index >= 15 is 0 Å². The van der Waals surface area contributed by atoms with E-state index in [-0.39, 0.29) is 11.2 Å². The number of rotatable bonds is 2. The van der Waals surface area contributed by atoms with Gasteiger partial charge < -0.3 is 0 Å². The summed E-state index contributed by atoms with van der Waals surface area (Å²) in [7, 11) is -3.39. The van der Waals surface area contributed by atoms with Crippen molar-refractivity contribution in [3.8, 4) is 0 Å². The van der Waals surface area contributed by atoms with Crippen LogP contribution >= 0.6 is 0 Å². The molecule has 0 aromatic heterocycles. The smallest absolute Gasteiger partial charge is 0.165 e. The number of fused-ring (bicyclic) bond motifs is 2. The van der Waals surface area contributed by atoms with Crippen LogP contribution in [0, 0.1) is 10.8 Å². The summed E-state index contributed by atoms with van der Waals surface area (Å²) < 4.78 is 24.2. The monoisotopic (exact) mass is 258 g/mol. The zero-order valence-corrected chi connectivity index (χ0v) is 12.1. The Hall–Kier alpha value is -0.380. The molecule has 2 saturated carbocycles. The average molecular weight is 258 g/mol. The van der Waals surface area contributed by atoms with Gasteiger partial charge in [-0.15, -0.1) is 0 Å². The lowest BCUT2D eigenvalue weighted by Crippen LogP contribution is -2.53. The highest BCUT2D eigenvalue weighted by Crippen LogP contribution is 2.69. The Kier molecular flexibility index (Phi) is 2.41. The van der Waals surface area contributed by atoms with Crippen LogP contribution in [-0.4, -0.2) is 24.2 Å². The summed E-state index contributed by atoms with van der Waals surface area (Å²) in [6.07, 6.45) is 1.78. The Balaban J connectivity index is 2.71. The van der Waals surface area contributed by atoms with Crippen molar-refractivity contribution in [2.75, 3.05) is 0 Å². The molecule has 0 saturated heterocycles. The van der Waals surface area contributed by atoms with Gasteiger partial charge in [0.1, 0.15) is 4.75 Å². The number of carbonyl (C=O) groups excluding carboxylic acids is 1. The van der Waals surface area contributed by atoms with Crippen LogP contribution in [0.15, 0.2) is 0 Å². The molecule has 0 aromatic rings. The second kappa shape index (κ2) is 3.14. The molecule has 0 heterocycles. The van der Waals surface area contributed by atoms with Gasteiger partial charge in [-0.1, -0.05) is 20.8 Å². The Morgan fingerprint density at radius 3 is 1.94 bits per heavy atom. The summed E-state index contributed by atoms with van der Waals surface area (Å²) in [6.45, 7) is 9.36. The third-order valence-electron chi connectivity index (χ3n) is 5.65. The van der Waals surface area contributed by atoms with Crippen molar-refractivity contribution in [1.29, 1.82) is 0 Å². The number of Topliss-reactive ketones (excluding diaryl/α,β-unsaturated/α-hetero) is 1. The van der Waals surface area contributed by atoms with Gasteiger partial charge in [0, 0.05) is 6.42 Å². The van der Waals surface area contributed by atoms with Crippen LogP contribution in [-0.2, 0) is 14.6 Å². The lowest BCUT2D eigenvalue weighted by molar-refractivity contribution is -0.121. The highest BCUT2D eigenvalue weighted by molar-refractivity contribution is 7.94. The Morgan fingerprint density at radius 1 is 1.12 bits per heavy atom. The number of sulfone groups is 1. The Bertz CT molecular complexity index is 475. The van der Waals surface area contributed by atoms with Gasteiger partial charge in [-0.05, 0) is 37.5 Å². The van der Waals surface area contributed by atoms with Gasteiger partial charge in [0.25, 0.3) is 0 Å². The molecule has 2 aliphatic carbocycles. The van der Waals surface area contributed by atoms with Gasteiger partial charge in [0.05, 0.1) is 5.25 Å². The molecule has 4 heteroatoms. The molecular formula is C13H22O3S. The number of carbonyl (C=O) groups is 1. The molecule has 0 N–H and O–H groups in total. The van der Waals surface area contributed by atoms with E-state index in [1.807, 2.05) is 13.8 Å². The maximum absolute atomic E-state index is 12.7. The molecule has 2 rings (SSSR count). The van der Waals surface area contributed by atoms with Gasteiger partial charge in [-0.25, -0.2) is 8.42 Å². The molecule has 0 unspecified atom stereocenters.